The van der Waals surface area contributed by atoms with E-state index in [1.165, 1.54) is 12.8 Å². The summed E-state index contributed by atoms with van der Waals surface area (Å²) in [5.41, 5.74) is 1.03. The van der Waals surface area contributed by atoms with E-state index < -0.39 is 0 Å². The average Bonchev–Trinajstić information content (AvgIpc) is 2.79. The first-order chi connectivity index (χ1) is 8.24. The van der Waals surface area contributed by atoms with Gasteiger partial charge in [-0.3, -0.25) is 4.79 Å². The number of carbonyl (C=O) groups excluding carboxylic acids is 1. The molecule has 0 radical (unpaired) electrons. The molecule has 90 valence electrons. The Morgan fingerprint density at radius 2 is 2.12 bits per heavy atom. The van der Waals surface area contributed by atoms with Gasteiger partial charge in [0.15, 0.2) is 0 Å². The first-order valence-electron chi connectivity index (χ1n) is 5.98. The van der Waals surface area contributed by atoms with Crippen molar-refractivity contribution in [3.05, 3.63) is 40.4 Å². The summed E-state index contributed by atoms with van der Waals surface area (Å²) in [6.07, 6.45) is 8.17. The van der Waals surface area contributed by atoms with E-state index in [0.717, 1.165) is 22.9 Å². The van der Waals surface area contributed by atoms with Crippen LogP contribution in [0.2, 0.25) is 0 Å². The van der Waals surface area contributed by atoms with Gasteiger partial charge in [-0.1, -0.05) is 40.9 Å². The Hall–Kier alpha value is -1.09. The maximum Gasteiger partial charge on any atom is 0.244 e. The number of halogens is 1. The van der Waals surface area contributed by atoms with Gasteiger partial charge in [0.25, 0.3) is 0 Å². The highest BCUT2D eigenvalue weighted by atomic mass is 79.9. The molecule has 1 N–H and O–H groups in total. The largest absolute Gasteiger partial charge is 0.350 e. The zero-order valence-corrected chi connectivity index (χ0v) is 11.2. The Bertz CT molecular complexity index is 422. The fourth-order valence-corrected chi connectivity index (χ4v) is 2.52. The molecule has 1 saturated carbocycles. The molecule has 0 heterocycles. The summed E-state index contributed by atoms with van der Waals surface area (Å²) in [6.45, 7) is 0. The molecule has 0 unspecified atom stereocenters. The summed E-state index contributed by atoms with van der Waals surface area (Å²) < 4.78 is 1.02. The second-order valence-corrected chi connectivity index (χ2v) is 5.29. The molecule has 0 aromatic heterocycles. The van der Waals surface area contributed by atoms with Crippen LogP contribution >= 0.6 is 15.9 Å². The second-order valence-electron chi connectivity index (χ2n) is 4.38. The summed E-state index contributed by atoms with van der Waals surface area (Å²) in [5.74, 6) is 0.0110. The van der Waals surface area contributed by atoms with Crippen molar-refractivity contribution in [1.82, 2.24) is 5.32 Å². The molecule has 3 heteroatoms. The lowest BCUT2D eigenvalue weighted by Gasteiger charge is -2.08. The van der Waals surface area contributed by atoms with Crippen LogP contribution in [0.4, 0.5) is 0 Å². The van der Waals surface area contributed by atoms with Crippen LogP contribution in [0.5, 0.6) is 0 Å². The summed E-state index contributed by atoms with van der Waals surface area (Å²) >= 11 is 3.41. The highest BCUT2D eigenvalue weighted by Gasteiger charge is 2.15. The Morgan fingerprint density at radius 1 is 1.35 bits per heavy atom. The first-order valence-corrected chi connectivity index (χ1v) is 6.77. The number of nitrogens with one attached hydrogen (secondary N) is 1. The van der Waals surface area contributed by atoms with Gasteiger partial charge in [-0.2, -0.15) is 0 Å². The highest BCUT2D eigenvalue weighted by molar-refractivity contribution is 9.10. The molecule has 0 saturated heterocycles. The Balaban J connectivity index is 1.89. The zero-order valence-electron chi connectivity index (χ0n) is 9.66. The number of rotatable bonds is 3. The van der Waals surface area contributed by atoms with Crippen molar-refractivity contribution in [2.24, 2.45) is 0 Å². The van der Waals surface area contributed by atoms with E-state index in [0.29, 0.717) is 6.04 Å². The van der Waals surface area contributed by atoms with E-state index in [9.17, 15) is 4.79 Å². The molecule has 0 bridgehead atoms. The molecule has 0 aliphatic heterocycles. The quantitative estimate of drug-likeness (QED) is 0.849. The molecule has 1 fully saturated rings. The zero-order chi connectivity index (χ0) is 12.1. The highest BCUT2D eigenvalue weighted by Crippen LogP contribution is 2.17. The predicted octanol–water partition coefficient (Wildman–Crippen LogP) is 3.52. The van der Waals surface area contributed by atoms with Crippen LogP contribution in [0.25, 0.3) is 6.08 Å². The normalized spacial score (nSPS) is 16.5. The molecule has 1 aliphatic rings. The number of hydrogen-bond donors (Lipinski definition) is 1. The van der Waals surface area contributed by atoms with Crippen LogP contribution in [-0.2, 0) is 4.79 Å². The Labute approximate surface area is 110 Å². The average molecular weight is 294 g/mol. The van der Waals surface area contributed by atoms with E-state index in [1.807, 2.05) is 30.3 Å². The van der Waals surface area contributed by atoms with Gasteiger partial charge in [0, 0.05) is 16.6 Å². The third-order valence-corrected chi connectivity index (χ3v) is 3.47. The third kappa shape index (κ3) is 4.00. The molecule has 0 atom stereocenters. The smallest absolute Gasteiger partial charge is 0.244 e. The Morgan fingerprint density at radius 3 is 2.82 bits per heavy atom. The molecule has 17 heavy (non-hydrogen) atoms. The molecule has 2 nitrogen and oxygen atoms in total. The maximum atomic E-state index is 11.6. The van der Waals surface area contributed by atoms with Gasteiger partial charge in [-0.15, -0.1) is 0 Å². The van der Waals surface area contributed by atoms with E-state index in [1.54, 1.807) is 6.08 Å². The number of benzene rings is 1. The minimum atomic E-state index is 0.0110. The molecular weight excluding hydrogens is 278 g/mol. The fraction of sp³-hybridized carbons (Fsp3) is 0.357. The van der Waals surface area contributed by atoms with Gasteiger partial charge in [-0.25, -0.2) is 0 Å². The van der Waals surface area contributed by atoms with Crippen molar-refractivity contribution in [2.45, 2.75) is 31.7 Å². The lowest BCUT2D eigenvalue weighted by molar-refractivity contribution is -0.117. The van der Waals surface area contributed by atoms with E-state index in [2.05, 4.69) is 21.2 Å². The lowest BCUT2D eigenvalue weighted by atomic mass is 10.2. The second kappa shape index (κ2) is 6.01. The summed E-state index contributed by atoms with van der Waals surface area (Å²) in [4.78, 5) is 11.6. The van der Waals surface area contributed by atoms with Crippen LogP contribution in [0.1, 0.15) is 31.2 Å². The minimum absolute atomic E-state index is 0.0110. The standard InChI is InChI=1S/C14H16BrNO/c15-12-5-3-4-11(10-12)8-9-14(17)16-13-6-1-2-7-13/h3-5,8-10,13H,1-2,6-7H2,(H,16,17)/b9-8+. The molecule has 1 aliphatic carbocycles. The van der Waals surface area contributed by atoms with Crippen LogP contribution in [0.3, 0.4) is 0 Å². The van der Waals surface area contributed by atoms with Crippen molar-refractivity contribution >= 4 is 27.9 Å². The van der Waals surface area contributed by atoms with Crippen LogP contribution < -0.4 is 5.32 Å². The molecular formula is C14H16BrNO. The minimum Gasteiger partial charge on any atom is -0.350 e. The molecule has 1 amide bonds. The van der Waals surface area contributed by atoms with Gasteiger partial charge < -0.3 is 5.32 Å². The lowest BCUT2D eigenvalue weighted by Crippen LogP contribution is -2.30. The van der Waals surface area contributed by atoms with E-state index in [-0.39, 0.29) is 5.91 Å². The summed E-state index contributed by atoms with van der Waals surface area (Å²) in [5, 5.41) is 3.03. The summed E-state index contributed by atoms with van der Waals surface area (Å²) in [7, 11) is 0. The van der Waals surface area contributed by atoms with Crippen molar-refractivity contribution in [3.8, 4) is 0 Å². The molecule has 0 spiro atoms. The van der Waals surface area contributed by atoms with Crippen molar-refractivity contribution in [3.63, 3.8) is 0 Å². The van der Waals surface area contributed by atoms with Gasteiger partial charge >= 0.3 is 0 Å². The van der Waals surface area contributed by atoms with Crippen LogP contribution in [0.15, 0.2) is 34.8 Å². The van der Waals surface area contributed by atoms with Gasteiger partial charge in [0.2, 0.25) is 5.91 Å². The van der Waals surface area contributed by atoms with Crippen LogP contribution in [0, 0.1) is 0 Å². The van der Waals surface area contributed by atoms with Gasteiger partial charge in [-0.05, 0) is 36.6 Å². The van der Waals surface area contributed by atoms with E-state index in [4.69, 9.17) is 0 Å². The number of carbonyl (C=O) groups is 1. The summed E-state index contributed by atoms with van der Waals surface area (Å²) in [6, 6.07) is 8.27. The SMILES string of the molecule is O=C(/C=C/c1cccc(Br)c1)NC1CCCC1. The van der Waals surface area contributed by atoms with Crippen molar-refractivity contribution in [2.75, 3.05) is 0 Å². The fourth-order valence-electron chi connectivity index (χ4n) is 2.10. The van der Waals surface area contributed by atoms with Gasteiger partial charge in [0.1, 0.15) is 0 Å². The van der Waals surface area contributed by atoms with Crippen molar-refractivity contribution < 1.29 is 4.79 Å². The molecule has 1 aromatic carbocycles. The number of amides is 1. The Kier molecular flexibility index (Phi) is 4.37. The molecule has 1 aromatic rings. The topological polar surface area (TPSA) is 29.1 Å². The first kappa shape index (κ1) is 12.4. The number of hydrogen-bond acceptors (Lipinski definition) is 1. The monoisotopic (exact) mass is 293 g/mol. The van der Waals surface area contributed by atoms with Crippen molar-refractivity contribution in [1.29, 1.82) is 0 Å². The third-order valence-electron chi connectivity index (χ3n) is 2.98. The predicted molar refractivity (Wildman–Crippen MR) is 73.6 cm³/mol. The van der Waals surface area contributed by atoms with E-state index >= 15 is 0 Å². The maximum absolute atomic E-state index is 11.6. The molecule has 2 rings (SSSR count). The van der Waals surface area contributed by atoms with Crippen LogP contribution in [-0.4, -0.2) is 11.9 Å². The van der Waals surface area contributed by atoms with Gasteiger partial charge in [0.05, 0.1) is 0 Å².